The number of esters is 1. The van der Waals surface area contributed by atoms with Crippen LogP contribution in [0.2, 0.25) is 0 Å². The van der Waals surface area contributed by atoms with Crippen LogP contribution in [0.25, 0.3) is 0 Å². The second-order valence-corrected chi connectivity index (χ2v) is 5.18. The van der Waals surface area contributed by atoms with Gasteiger partial charge in [0.1, 0.15) is 10.6 Å². The Bertz CT molecular complexity index is 366. The van der Waals surface area contributed by atoms with Crippen molar-refractivity contribution in [1.82, 2.24) is 0 Å². The highest BCUT2D eigenvalue weighted by Gasteiger charge is 2.18. The highest BCUT2D eigenvalue weighted by Crippen LogP contribution is 2.33. The van der Waals surface area contributed by atoms with Gasteiger partial charge in [0.2, 0.25) is 0 Å². The summed E-state index contributed by atoms with van der Waals surface area (Å²) >= 11 is 1.28. The molecule has 0 atom stereocenters. The van der Waals surface area contributed by atoms with Gasteiger partial charge in [-0.1, -0.05) is 13.8 Å². The van der Waals surface area contributed by atoms with Crippen LogP contribution in [0, 0.1) is 19.8 Å². The van der Waals surface area contributed by atoms with Crippen LogP contribution in [0.4, 0.5) is 0 Å². The molecule has 1 rings (SSSR count). The zero-order chi connectivity index (χ0) is 11.6. The monoisotopic (exact) mass is 228 g/mol. The maximum Gasteiger partial charge on any atom is 0.348 e. The lowest BCUT2D eigenvalue weighted by molar-refractivity contribution is 0.0463. The minimum atomic E-state index is -0.338. The van der Waals surface area contributed by atoms with Crippen LogP contribution in [0.1, 0.15) is 34.0 Å². The summed E-state index contributed by atoms with van der Waals surface area (Å²) in [5, 5.41) is 9.56. The van der Waals surface area contributed by atoms with Gasteiger partial charge in [-0.25, -0.2) is 4.79 Å². The zero-order valence-electron chi connectivity index (χ0n) is 9.46. The van der Waals surface area contributed by atoms with E-state index in [-0.39, 0.29) is 11.7 Å². The lowest BCUT2D eigenvalue weighted by atomic mass is 10.2. The number of aryl methyl sites for hydroxylation is 1. The Morgan fingerprint density at radius 2 is 2.07 bits per heavy atom. The molecular weight excluding hydrogens is 212 g/mol. The number of hydrogen-bond donors (Lipinski definition) is 1. The smallest absolute Gasteiger partial charge is 0.348 e. The van der Waals surface area contributed by atoms with Crippen molar-refractivity contribution < 1.29 is 14.6 Å². The van der Waals surface area contributed by atoms with Crippen LogP contribution in [0.5, 0.6) is 5.75 Å². The van der Waals surface area contributed by atoms with Crippen molar-refractivity contribution in [2.24, 2.45) is 5.92 Å². The van der Waals surface area contributed by atoms with Gasteiger partial charge in [0.25, 0.3) is 0 Å². The van der Waals surface area contributed by atoms with Gasteiger partial charge in [-0.15, -0.1) is 11.3 Å². The molecule has 1 N–H and O–H groups in total. The van der Waals surface area contributed by atoms with Gasteiger partial charge in [-0.05, 0) is 19.8 Å². The molecule has 0 aromatic carbocycles. The van der Waals surface area contributed by atoms with E-state index in [9.17, 15) is 9.90 Å². The van der Waals surface area contributed by atoms with E-state index in [0.29, 0.717) is 23.0 Å². The number of carbonyl (C=O) groups excluding carboxylic acids is 1. The highest BCUT2D eigenvalue weighted by molar-refractivity contribution is 7.14. The molecule has 0 aliphatic heterocycles. The van der Waals surface area contributed by atoms with Gasteiger partial charge in [0, 0.05) is 10.4 Å². The lowest BCUT2D eigenvalue weighted by Crippen LogP contribution is -2.09. The molecule has 1 aromatic rings. The van der Waals surface area contributed by atoms with E-state index >= 15 is 0 Å². The van der Waals surface area contributed by atoms with Gasteiger partial charge in [0.15, 0.2) is 0 Å². The fraction of sp³-hybridized carbons (Fsp3) is 0.545. The van der Waals surface area contributed by atoms with E-state index in [1.54, 1.807) is 13.8 Å². The number of ether oxygens (including phenoxy) is 1. The van der Waals surface area contributed by atoms with Crippen molar-refractivity contribution in [3.63, 3.8) is 0 Å². The topological polar surface area (TPSA) is 46.5 Å². The Kier molecular flexibility index (Phi) is 3.74. The first-order valence-electron chi connectivity index (χ1n) is 4.89. The third-order valence-corrected chi connectivity index (χ3v) is 3.19. The average Bonchev–Trinajstić information content (AvgIpc) is 2.42. The molecule has 0 aliphatic rings. The molecule has 3 nitrogen and oxygen atoms in total. The minimum Gasteiger partial charge on any atom is -0.506 e. The summed E-state index contributed by atoms with van der Waals surface area (Å²) in [7, 11) is 0. The Hall–Kier alpha value is -1.03. The molecule has 1 aromatic heterocycles. The van der Waals surface area contributed by atoms with E-state index < -0.39 is 0 Å². The van der Waals surface area contributed by atoms with Crippen molar-refractivity contribution in [1.29, 1.82) is 0 Å². The summed E-state index contributed by atoms with van der Waals surface area (Å²) in [6.07, 6.45) is 0. The highest BCUT2D eigenvalue weighted by atomic mass is 32.1. The molecule has 0 spiro atoms. The largest absolute Gasteiger partial charge is 0.506 e. The van der Waals surface area contributed by atoms with Crippen molar-refractivity contribution >= 4 is 17.3 Å². The Balaban J connectivity index is 2.78. The third-order valence-electron chi connectivity index (χ3n) is 2.02. The van der Waals surface area contributed by atoms with Gasteiger partial charge >= 0.3 is 5.97 Å². The molecule has 0 amide bonds. The zero-order valence-corrected chi connectivity index (χ0v) is 10.3. The Morgan fingerprint density at radius 1 is 1.47 bits per heavy atom. The van der Waals surface area contributed by atoms with Crippen LogP contribution in [0.3, 0.4) is 0 Å². The van der Waals surface area contributed by atoms with E-state index in [1.165, 1.54) is 11.3 Å². The molecule has 84 valence electrons. The van der Waals surface area contributed by atoms with Crippen LogP contribution in [-0.2, 0) is 4.74 Å². The first kappa shape index (κ1) is 12.0. The first-order chi connectivity index (χ1) is 6.93. The SMILES string of the molecule is Cc1sc(C(=O)OCC(C)C)c(C)c1O. The second kappa shape index (κ2) is 4.66. The number of aromatic hydroxyl groups is 1. The molecule has 4 heteroatoms. The van der Waals surface area contributed by atoms with Gasteiger partial charge in [-0.3, -0.25) is 0 Å². The molecule has 0 saturated heterocycles. The van der Waals surface area contributed by atoms with Gasteiger partial charge < -0.3 is 9.84 Å². The summed E-state index contributed by atoms with van der Waals surface area (Å²) in [6, 6.07) is 0. The van der Waals surface area contributed by atoms with E-state index in [4.69, 9.17) is 4.74 Å². The second-order valence-electron chi connectivity index (χ2n) is 3.95. The molecule has 1 heterocycles. The van der Waals surface area contributed by atoms with Crippen LogP contribution < -0.4 is 0 Å². The average molecular weight is 228 g/mol. The van der Waals surface area contributed by atoms with Crippen LogP contribution in [-0.4, -0.2) is 17.7 Å². The molecule has 15 heavy (non-hydrogen) atoms. The fourth-order valence-electron chi connectivity index (χ4n) is 1.15. The summed E-state index contributed by atoms with van der Waals surface area (Å²) in [4.78, 5) is 12.9. The molecule has 0 aliphatic carbocycles. The van der Waals surface area contributed by atoms with Crippen LogP contribution >= 0.6 is 11.3 Å². The van der Waals surface area contributed by atoms with Gasteiger partial charge in [-0.2, -0.15) is 0 Å². The van der Waals surface area contributed by atoms with E-state index in [2.05, 4.69) is 0 Å². The molecular formula is C11H16O3S. The Morgan fingerprint density at radius 3 is 2.47 bits per heavy atom. The number of hydrogen-bond acceptors (Lipinski definition) is 4. The molecule has 0 bridgehead atoms. The van der Waals surface area contributed by atoms with Crippen molar-refractivity contribution in [3.05, 3.63) is 15.3 Å². The quantitative estimate of drug-likeness (QED) is 0.809. The fourth-order valence-corrected chi connectivity index (χ4v) is 2.10. The van der Waals surface area contributed by atoms with Gasteiger partial charge in [0.05, 0.1) is 6.61 Å². The maximum atomic E-state index is 11.6. The summed E-state index contributed by atoms with van der Waals surface area (Å²) < 4.78 is 5.10. The van der Waals surface area contributed by atoms with Crippen LogP contribution in [0.15, 0.2) is 0 Å². The summed E-state index contributed by atoms with van der Waals surface area (Å²) in [5.74, 6) is 0.190. The molecule has 0 unspecified atom stereocenters. The molecule has 0 saturated carbocycles. The molecule has 0 fully saturated rings. The predicted molar refractivity (Wildman–Crippen MR) is 60.6 cm³/mol. The first-order valence-corrected chi connectivity index (χ1v) is 5.71. The maximum absolute atomic E-state index is 11.6. The normalized spacial score (nSPS) is 10.7. The third kappa shape index (κ3) is 2.72. The van der Waals surface area contributed by atoms with Crippen molar-refractivity contribution in [2.75, 3.05) is 6.61 Å². The summed E-state index contributed by atoms with van der Waals surface area (Å²) in [6.45, 7) is 7.89. The number of thiophene rings is 1. The lowest BCUT2D eigenvalue weighted by Gasteiger charge is -2.06. The minimum absolute atomic E-state index is 0.205. The van der Waals surface area contributed by atoms with Crippen molar-refractivity contribution in [3.8, 4) is 5.75 Å². The number of rotatable bonds is 3. The summed E-state index contributed by atoms with van der Waals surface area (Å²) in [5.41, 5.74) is 0.617. The van der Waals surface area contributed by atoms with Crippen molar-refractivity contribution in [2.45, 2.75) is 27.7 Å². The Labute approximate surface area is 93.7 Å². The standard InChI is InChI=1S/C11H16O3S/c1-6(2)5-14-11(13)10-7(3)9(12)8(4)15-10/h6,12H,5H2,1-4H3. The molecule has 0 radical (unpaired) electrons. The van der Waals surface area contributed by atoms with E-state index in [0.717, 1.165) is 4.88 Å². The van der Waals surface area contributed by atoms with E-state index in [1.807, 2.05) is 13.8 Å². The number of carbonyl (C=O) groups is 1. The predicted octanol–water partition coefficient (Wildman–Crippen LogP) is 2.88.